The summed E-state index contributed by atoms with van der Waals surface area (Å²) in [5.41, 5.74) is 7.11. The Morgan fingerprint density at radius 3 is 2.17 bits per heavy atom. The summed E-state index contributed by atoms with van der Waals surface area (Å²) in [4.78, 5) is 0. The Labute approximate surface area is 87.5 Å². The lowest BCUT2D eigenvalue weighted by Gasteiger charge is -2.18. The van der Waals surface area contributed by atoms with Gasteiger partial charge in [0.2, 0.25) is 0 Å². The number of benzene rings is 1. The van der Waals surface area contributed by atoms with Crippen molar-refractivity contribution in [2.75, 3.05) is 0 Å². The van der Waals surface area contributed by atoms with Crippen LogP contribution in [-0.2, 0) is 6.42 Å². The van der Waals surface area contributed by atoms with E-state index in [0.717, 1.165) is 6.42 Å². The maximum absolute atomic E-state index is 5.90. The van der Waals surface area contributed by atoms with Crippen LogP contribution < -0.4 is 5.73 Å². The van der Waals surface area contributed by atoms with Gasteiger partial charge in [0.05, 0.1) is 0 Å². The van der Waals surface area contributed by atoms with Crippen LogP contribution in [0.4, 0.5) is 0 Å². The molecule has 0 saturated carbocycles. The molecule has 0 saturated heterocycles. The van der Waals surface area contributed by atoms with Gasteiger partial charge >= 0.3 is 0 Å². The fraction of sp³-hybridized carbons (Fsp3) is 0.400. The van der Waals surface area contributed by atoms with Crippen molar-refractivity contribution in [1.82, 2.24) is 0 Å². The van der Waals surface area contributed by atoms with E-state index in [1.54, 1.807) is 0 Å². The van der Waals surface area contributed by atoms with Crippen molar-refractivity contribution in [3.8, 4) is 0 Å². The highest BCUT2D eigenvalue weighted by Crippen LogP contribution is 2.12. The second-order valence-electron chi connectivity index (χ2n) is 3.79. The summed E-state index contributed by atoms with van der Waals surface area (Å²) >= 11 is 2.30. The Balaban J connectivity index is 2.71. The average Bonchev–Trinajstić information content (AvgIpc) is 1.91. The topological polar surface area (TPSA) is 26.0 Å². The molecule has 1 aromatic rings. The van der Waals surface area contributed by atoms with Gasteiger partial charge in [-0.15, -0.1) is 0 Å². The predicted molar refractivity (Wildman–Crippen MR) is 61.1 cm³/mol. The Morgan fingerprint density at radius 1 is 1.25 bits per heavy atom. The molecule has 2 N–H and O–H groups in total. The molecule has 1 aromatic carbocycles. The van der Waals surface area contributed by atoms with E-state index < -0.39 is 0 Å². The highest BCUT2D eigenvalue weighted by molar-refractivity contribution is 14.1. The first-order valence-corrected chi connectivity index (χ1v) is 5.08. The van der Waals surface area contributed by atoms with E-state index in [2.05, 4.69) is 46.9 Å². The van der Waals surface area contributed by atoms with Gasteiger partial charge in [-0.05, 0) is 60.6 Å². The standard InChI is InChI=1S/C10H14IN/c1-10(2,12)7-8-3-5-9(11)6-4-8/h3-6H,7,12H2,1-2H3/i11+4. The molecule has 2 heteroatoms. The van der Waals surface area contributed by atoms with Crippen LogP contribution in [0.25, 0.3) is 0 Å². The molecule has 0 aliphatic heterocycles. The monoisotopic (exact) mass is 279 g/mol. The zero-order chi connectivity index (χ0) is 9.19. The van der Waals surface area contributed by atoms with Gasteiger partial charge < -0.3 is 5.73 Å². The molecule has 0 atom stereocenters. The van der Waals surface area contributed by atoms with Gasteiger partial charge in [-0.3, -0.25) is 0 Å². The maximum atomic E-state index is 5.90. The summed E-state index contributed by atoms with van der Waals surface area (Å²) in [7, 11) is 0. The zero-order valence-corrected chi connectivity index (χ0v) is 9.63. The smallest absolute Gasteiger partial charge is 0.0138 e. The Bertz CT molecular complexity index is 246. The summed E-state index contributed by atoms with van der Waals surface area (Å²) in [5, 5.41) is 0. The minimum Gasteiger partial charge on any atom is -0.325 e. The van der Waals surface area contributed by atoms with Crippen molar-refractivity contribution >= 4 is 22.6 Å². The summed E-state index contributed by atoms with van der Waals surface area (Å²) in [6, 6.07) is 8.50. The molecule has 0 unspecified atom stereocenters. The van der Waals surface area contributed by atoms with Crippen LogP contribution in [0, 0.1) is 3.57 Å². The molecule has 0 heterocycles. The molecule has 0 radical (unpaired) electrons. The Hall–Kier alpha value is -0.0900. The molecule has 0 amide bonds. The summed E-state index contributed by atoms with van der Waals surface area (Å²) < 4.78 is 1.27. The van der Waals surface area contributed by atoms with Crippen molar-refractivity contribution < 1.29 is 0 Å². The fourth-order valence-corrected chi connectivity index (χ4v) is 1.49. The summed E-state index contributed by atoms with van der Waals surface area (Å²) in [6.45, 7) is 4.09. The Kier molecular flexibility index (Phi) is 3.12. The van der Waals surface area contributed by atoms with Crippen LogP contribution >= 0.6 is 22.6 Å². The van der Waals surface area contributed by atoms with Crippen LogP contribution in [0.15, 0.2) is 24.3 Å². The molecule has 0 bridgehead atoms. The van der Waals surface area contributed by atoms with Crippen molar-refractivity contribution in [3.63, 3.8) is 0 Å². The lowest BCUT2D eigenvalue weighted by molar-refractivity contribution is 0.517. The van der Waals surface area contributed by atoms with Gasteiger partial charge in [-0.25, -0.2) is 0 Å². The molecule has 0 spiro atoms. The number of halogens is 1. The SMILES string of the molecule is CC(C)(N)Cc1ccc([131I])cc1. The van der Waals surface area contributed by atoms with Crippen molar-refractivity contribution in [3.05, 3.63) is 33.4 Å². The largest absolute Gasteiger partial charge is 0.325 e. The minimum absolute atomic E-state index is 0.104. The van der Waals surface area contributed by atoms with E-state index in [0.29, 0.717) is 0 Å². The first-order chi connectivity index (χ1) is 5.47. The third-order valence-corrected chi connectivity index (χ3v) is 2.29. The quantitative estimate of drug-likeness (QED) is 0.827. The highest BCUT2D eigenvalue weighted by atomic mass is 131. The third kappa shape index (κ3) is 3.54. The molecular weight excluding hydrogens is 265 g/mol. The number of rotatable bonds is 2. The van der Waals surface area contributed by atoms with Gasteiger partial charge in [0.1, 0.15) is 0 Å². The molecular formula is C10H14IN. The molecule has 12 heavy (non-hydrogen) atoms. The maximum Gasteiger partial charge on any atom is 0.0138 e. The summed E-state index contributed by atoms with van der Waals surface area (Å²) in [5.74, 6) is 0. The van der Waals surface area contributed by atoms with Gasteiger partial charge in [-0.1, -0.05) is 12.1 Å². The van der Waals surface area contributed by atoms with Crippen molar-refractivity contribution in [2.24, 2.45) is 5.73 Å². The first kappa shape index (κ1) is 9.99. The molecule has 0 aromatic heterocycles. The van der Waals surface area contributed by atoms with E-state index in [1.807, 2.05) is 13.8 Å². The molecule has 1 nitrogen and oxygen atoms in total. The highest BCUT2D eigenvalue weighted by Gasteiger charge is 2.10. The van der Waals surface area contributed by atoms with E-state index in [4.69, 9.17) is 5.73 Å². The molecule has 66 valence electrons. The number of hydrogen-bond donors (Lipinski definition) is 1. The van der Waals surface area contributed by atoms with Crippen molar-refractivity contribution in [2.45, 2.75) is 25.8 Å². The predicted octanol–water partition coefficient (Wildman–Crippen LogP) is 2.57. The third-order valence-electron chi connectivity index (χ3n) is 1.57. The zero-order valence-electron chi connectivity index (χ0n) is 7.47. The van der Waals surface area contributed by atoms with Gasteiger partial charge in [-0.2, -0.15) is 0 Å². The van der Waals surface area contributed by atoms with Gasteiger partial charge in [0.25, 0.3) is 0 Å². The lowest BCUT2D eigenvalue weighted by atomic mass is 9.96. The second-order valence-corrected chi connectivity index (χ2v) is 5.04. The number of hydrogen-bond acceptors (Lipinski definition) is 1. The second kappa shape index (κ2) is 3.75. The van der Waals surface area contributed by atoms with Crippen molar-refractivity contribution in [1.29, 1.82) is 0 Å². The van der Waals surface area contributed by atoms with Crippen LogP contribution in [0.3, 0.4) is 0 Å². The van der Waals surface area contributed by atoms with Crippen LogP contribution in [-0.4, -0.2) is 5.54 Å². The lowest BCUT2D eigenvalue weighted by Crippen LogP contribution is -2.34. The molecule has 1 rings (SSSR count). The first-order valence-electron chi connectivity index (χ1n) is 4.01. The van der Waals surface area contributed by atoms with Crippen LogP contribution in [0.2, 0.25) is 0 Å². The molecule has 0 aliphatic rings. The van der Waals surface area contributed by atoms with Gasteiger partial charge in [0, 0.05) is 9.11 Å². The minimum atomic E-state index is -0.104. The Morgan fingerprint density at radius 2 is 1.75 bits per heavy atom. The van der Waals surface area contributed by atoms with E-state index in [1.165, 1.54) is 9.13 Å². The van der Waals surface area contributed by atoms with Crippen LogP contribution in [0.1, 0.15) is 19.4 Å². The number of nitrogens with two attached hydrogens (primary N) is 1. The molecule has 0 aliphatic carbocycles. The normalized spacial score (nSPS) is 11.7. The van der Waals surface area contributed by atoms with Gasteiger partial charge in [0.15, 0.2) is 0 Å². The molecule has 0 fully saturated rings. The average molecular weight is 279 g/mol. The van der Waals surface area contributed by atoms with E-state index in [9.17, 15) is 0 Å². The van der Waals surface area contributed by atoms with E-state index in [-0.39, 0.29) is 5.54 Å². The fourth-order valence-electron chi connectivity index (χ4n) is 1.13. The van der Waals surface area contributed by atoms with Crippen LogP contribution in [0.5, 0.6) is 0 Å². The van der Waals surface area contributed by atoms with E-state index >= 15 is 0 Å². The summed E-state index contributed by atoms with van der Waals surface area (Å²) in [6.07, 6.45) is 0.934.